The van der Waals surface area contributed by atoms with E-state index >= 15 is 0 Å². The number of carbonyl (C=O) groups excluding carboxylic acids is 1. The van der Waals surface area contributed by atoms with Gasteiger partial charge in [-0.3, -0.25) is 4.79 Å². The Bertz CT molecular complexity index is 552. The molecule has 3 N–H and O–H groups in total. The van der Waals surface area contributed by atoms with E-state index < -0.39 is 5.91 Å². The maximum Gasteiger partial charge on any atom is 0.250 e. The van der Waals surface area contributed by atoms with Crippen LogP contribution in [0.5, 0.6) is 0 Å². The molecule has 98 valence electrons. The van der Waals surface area contributed by atoms with Gasteiger partial charge in [-0.05, 0) is 36.2 Å². The molecule has 0 spiro atoms. The first kappa shape index (κ1) is 13.0. The number of nitrogens with two attached hydrogens (primary N) is 1. The van der Waals surface area contributed by atoms with E-state index in [1.165, 1.54) is 18.3 Å². The molecular formula is C14H14FN3O. The van der Waals surface area contributed by atoms with Gasteiger partial charge in [-0.15, -0.1) is 0 Å². The highest BCUT2D eigenvalue weighted by atomic mass is 19.1. The molecule has 1 heterocycles. The fraction of sp³-hybridized carbons (Fsp3) is 0.143. The summed E-state index contributed by atoms with van der Waals surface area (Å²) in [6, 6.07) is 9.70. The molecule has 0 aliphatic rings. The van der Waals surface area contributed by atoms with E-state index in [2.05, 4.69) is 10.3 Å². The molecule has 0 bridgehead atoms. The standard InChI is InChI=1S/C14H14FN3O/c15-12-4-1-10(2-5-12)7-8-17-13-6-3-11(9-18-13)14(16)19/h1-6,9H,7-8H2,(H2,16,19)(H,17,18). The van der Waals surface area contributed by atoms with Crippen LogP contribution in [0.15, 0.2) is 42.6 Å². The molecular weight excluding hydrogens is 245 g/mol. The number of primary amides is 1. The summed E-state index contributed by atoms with van der Waals surface area (Å²) in [5.74, 6) is -0.0575. The van der Waals surface area contributed by atoms with Gasteiger partial charge >= 0.3 is 0 Å². The number of nitrogens with zero attached hydrogens (tertiary/aromatic N) is 1. The average molecular weight is 259 g/mol. The molecule has 0 atom stereocenters. The van der Waals surface area contributed by atoms with Crippen LogP contribution in [0.3, 0.4) is 0 Å². The lowest BCUT2D eigenvalue weighted by Crippen LogP contribution is -2.12. The minimum absolute atomic E-state index is 0.236. The number of anilines is 1. The maximum absolute atomic E-state index is 12.7. The van der Waals surface area contributed by atoms with E-state index in [1.54, 1.807) is 24.3 Å². The van der Waals surface area contributed by atoms with Gasteiger partial charge in [-0.25, -0.2) is 9.37 Å². The minimum atomic E-state index is -0.495. The summed E-state index contributed by atoms with van der Waals surface area (Å²) >= 11 is 0. The monoisotopic (exact) mass is 259 g/mol. The Kier molecular flexibility index (Phi) is 4.07. The Balaban J connectivity index is 1.85. The van der Waals surface area contributed by atoms with Crippen molar-refractivity contribution in [3.63, 3.8) is 0 Å². The molecule has 1 amide bonds. The van der Waals surface area contributed by atoms with Gasteiger partial charge in [0.2, 0.25) is 5.91 Å². The predicted molar refractivity (Wildman–Crippen MR) is 71.3 cm³/mol. The highest BCUT2D eigenvalue weighted by Gasteiger charge is 2.00. The third-order valence-electron chi connectivity index (χ3n) is 2.68. The van der Waals surface area contributed by atoms with Crippen molar-refractivity contribution >= 4 is 11.7 Å². The fourth-order valence-corrected chi connectivity index (χ4v) is 1.63. The molecule has 0 aliphatic heterocycles. The molecule has 0 saturated carbocycles. The largest absolute Gasteiger partial charge is 0.370 e. The molecule has 1 aromatic heterocycles. The zero-order valence-electron chi connectivity index (χ0n) is 10.3. The molecule has 2 aromatic rings. The second kappa shape index (κ2) is 5.95. The Labute approximate surface area is 110 Å². The van der Waals surface area contributed by atoms with E-state index in [4.69, 9.17) is 5.73 Å². The van der Waals surface area contributed by atoms with Gasteiger partial charge in [0.05, 0.1) is 5.56 Å². The molecule has 19 heavy (non-hydrogen) atoms. The third kappa shape index (κ3) is 3.77. The van der Waals surface area contributed by atoms with Crippen LogP contribution in [0.1, 0.15) is 15.9 Å². The van der Waals surface area contributed by atoms with Crippen LogP contribution in [0.25, 0.3) is 0 Å². The Morgan fingerprint density at radius 2 is 1.95 bits per heavy atom. The second-order valence-corrected chi connectivity index (χ2v) is 4.10. The molecule has 0 unspecified atom stereocenters. The zero-order chi connectivity index (χ0) is 13.7. The Morgan fingerprint density at radius 1 is 1.21 bits per heavy atom. The average Bonchev–Trinajstić information content (AvgIpc) is 2.41. The lowest BCUT2D eigenvalue weighted by atomic mass is 10.1. The lowest BCUT2D eigenvalue weighted by Gasteiger charge is -2.06. The highest BCUT2D eigenvalue weighted by Crippen LogP contribution is 2.06. The van der Waals surface area contributed by atoms with Gasteiger partial charge in [-0.1, -0.05) is 12.1 Å². The van der Waals surface area contributed by atoms with Crippen molar-refractivity contribution in [3.8, 4) is 0 Å². The first-order valence-corrected chi connectivity index (χ1v) is 5.89. The fourth-order valence-electron chi connectivity index (χ4n) is 1.63. The van der Waals surface area contributed by atoms with Crippen LogP contribution < -0.4 is 11.1 Å². The summed E-state index contributed by atoms with van der Waals surface area (Å²) in [5, 5.41) is 3.12. The molecule has 5 heteroatoms. The quantitative estimate of drug-likeness (QED) is 0.862. The van der Waals surface area contributed by atoms with E-state index in [0.29, 0.717) is 17.9 Å². The third-order valence-corrected chi connectivity index (χ3v) is 2.68. The number of nitrogens with one attached hydrogen (secondary N) is 1. The van der Waals surface area contributed by atoms with Crippen LogP contribution in [-0.4, -0.2) is 17.4 Å². The number of benzene rings is 1. The molecule has 0 fully saturated rings. The number of amides is 1. The van der Waals surface area contributed by atoms with E-state index in [-0.39, 0.29) is 5.82 Å². The van der Waals surface area contributed by atoms with Crippen LogP contribution >= 0.6 is 0 Å². The van der Waals surface area contributed by atoms with E-state index in [1.807, 2.05) is 0 Å². The molecule has 1 aromatic carbocycles. The van der Waals surface area contributed by atoms with Crippen molar-refractivity contribution in [1.82, 2.24) is 4.98 Å². The predicted octanol–water partition coefficient (Wildman–Crippen LogP) is 1.97. The Hall–Kier alpha value is -2.43. The van der Waals surface area contributed by atoms with Crippen LogP contribution in [0, 0.1) is 5.82 Å². The summed E-state index contributed by atoms with van der Waals surface area (Å²) in [4.78, 5) is 14.9. The van der Waals surface area contributed by atoms with Gasteiger partial charge in [0.15, 0.2) is 0 Å². The Morgan fingerprint density at radius 3 is 2.53 bits per heavy atom. The van der Waals surface area contributed by atoms with Crippen molar-refractivity contribution in [2.75, 3.05) is 11.9 Å². The number of aromatic nitrogens is 1. The topological polar surface area (TPSA) is 68.0 Å². The molecule has 0 aliphatic carbocycles. The summed E-state index contributed by atoms with van der Waals surface area (Å²) in [6.45, 7) is 0.675. The van der Waals surface area contributed by atoms with Gasteiger partial charge in [0.25, 0.3) is 0 Å². The summed E-state index contributed by atoms with van der Waals surface area (Å²) in [7, 11) is 0. The maximum atomic E-state index is 12.7. The molecule has 4 nitrogen and oxygen atoms in total. The lowest BCUT2D eigenvalue weighted by molar-refractivity contribution is 0.1000. The summed E-state index contributed by atoms with van der Waals surface area (Å²) in [6.07, 6.45) is 2.20. The minimum Gasteiger partial charge on any atom is -0.370 e. The number of hydrogen-bond acceptors (Lipinski definition) is 3. The first-order chi connectivity index (χ1) is 9.15. The SMILES string of the molecule is NC(=O)c1ccc(NCCc2ccc(F)cc2)nc1. The number of pyridine rings is 1. The van der Waals surface area contributed by atoms with Crippen molar-refractivity contribution in [2.24, 2.45) is 5.73 Å². The number of halogens is 1. The molecule has 2 rings (SSSR count). The summed E-state index contributed by atoms with van der Waals surface area (Å²) < 4.78 is 12.7. The number of carbonyl (C=O) groups is 1. The number of rotatable bonds is 5. The van der Waals surface area contributed by atoms with Crippen molar-refractivity contribution in [2.45, 2.75) is 6.42 Å². The van der Waals surface area contributed by atoms with Gasteiger partial charge < -0.3 is 11.1 Å². The molecule has 0 radical (unpaired) electrons. The van der Waals surface area contributed by atoms with E-state index in [0.717, 1.165) is 12.0 Å². The van der Waals surface area contributed by atoms with E-state index in [9.17, 15) is 9.18 Å². The van der Waals surface area contributed by atoms with Gasteiger partial charge in [-0.2, -0.15) is 0 Å². The van der Waals surface area contributed by atoms with Gasteiger partial charge in [0.1, 0.15) is 11.6 Å². The first-order valence-electron chi connectivity index (χ1n) is 5.89. The van der Waals surface area contributed by atoms with Crippen molar-refractivity contribution in [3.05, 3.63) is 59.5 Å². The van der Waals surface area contributed by atoms with Crippen molar-refractivity contribution < 1.29 is 9.18 Å². The van der Waals surface area contributed by atoms with Crippen LogP contribution in [-0.2, 0) is 6.42 Å². The normalized spacial score (nSPS) is 10.2. The molecule has 0 saturated heterocycles. The van der Waals surface area contributed by atoms with Crippen molar-refractivity contribution in [1.29, 1.82) is 0 Å². The van der Waals surface area contributed by atoms with Crippen LogP contribution in [0.2, 0.25) is 0 Å². The second-order valence-electron chi connectivity index (χ2n) is 4.10. The number of hydrogen-bond donors (Lipinski definition) is 2. The smallest absolute Gasteiger partial charge is 0.250 e. The highest BCUT2D eigenvalue weighted by molar-refractivity contribution is 5.92. The zero-order valence-corrected chi connectivity index (χ0v) is 10.3. The van der Waals surface area contributed by atoms with Crippen LogP contribution in [0.4, 0.5) is 10.2 Å². The summed E-state index contributed by atoms with van der Waals surface area (Å²) in [5.41, 5.74) is 6.55. The van der Waals surface area contributed by atoms with Gasteiger partial charge in [0, 0.05) is 12.7 Å².